The largest absolute Gasteiger partial charge is 0.477 e. The van der Waals surface area contributed by atoms with Crippen LogP contribution in [-0.4, -0.2) is 20.6 Å². The second-order valence-corrected chi connectivity index (χ2v) is 2.02. The number of hydrogen-bond donors (Lipinski definition) is 1. The Morgan fingerprint density at radius 3 is 3.10 bits per heavy atom. The van der Waals surface area contributed by atoms with E-state index in [2.05, 4.69) is 4.98 Å². The van der Waals surface area contributed by atoms with E-state index >= 15 is 0 Å². The lowest BCUT2D eigenvalue weighted by Crippen LogP contribution is -2.14. The van der Waals surface area contributed by atoms with Gasteiger partial charge in [0.05, 0.1) is 18.2 Å². The van der Waals surface area contributed by atoms with E-state index in [0.717, 1.165) is 5.69 Å². The van der Waals surface area contributed by atoms with Crippen molar-refractivity contribution in [1.82, 2.24) is 9.55 Å². The van der Waals surface area contributed by atoms with Crippen molar-refractivity contribution >= 4 is 17.7 Å². The topological polar surface area (TPSA) is 55.1 Å². The van der Waals surface area contributed by atoms with Crippen molar-refractivity contribution in [2.24, 2.45) is 0 Å². The van der Waals surface area contributed by atoms with Crippen molar-refractivity contribution < 1.29 is 9.90 Å². The molecular formula is C6H4N2O2. The predicted molar refractivity (Wildman–Crippen MR) is 34.0 cm³/mol. The van der Waals surface area contributed by atoms with Crippen LogP contribution in [0.3, 0.4) is 0 Å². The lowest BCUT2D eigenvalue weighted by molar-refractivity contribution is -0.130. The maximum absolute atomic E-state index is 10.3. The molecular weight excluding hydrogens is 132 g/mol. The Morgan fingerprint density at radius 2 is 2.50 bits per heavy atom. The van der Waals surface area contributed by atoms with Gasteiger partial charge in [-0.05, 0) is 6.08 Å². The molecule has 0 saturated carbocycles. The summed E-state index contributed by atoms with van der Waals surface area (Å²) in [7, 11) is 0. The number of nitrogens with zero attached hydrogens (tertiary/aromatic N) is 2. The molecule has 1 aromatic rings. The Kier molecular flexibility index (Phi) is 0.768. The highest BCUT2D eigenvalue weighted by atomic mass is 16.4. The molecule has 1 aliphatic rings. The Hall–Kier alpha value is -1.58. The van der Waals surface area contributed by atoms with Crippen molar-refractivity contribution in [3.63, 3.8) is 0 Å². The number of imidazole rings is 1. The zero-order chi connectivity index (χ0) is 7.14. The van der Waals surface area contributed by atoms with E-state index in [1.54, 1.807) is 12.3 Å². The summed E-state index contributed by atoms with van der Waals surface area (Å²) in [6.07, 6.45) is 4.68. The first-order valence-electron chi connectivity index (χ1n) is 2.77. The van der Waals surface area contributed by atoms with Crippen LogP contribution >= 0.6 is 0 Å². The predicted octanol–water partition coefficient (Wildman–Crippen LogP) is 0.279. The Morgan fingerprint density at radius 1 is 1.70 bits per heavy atom. The van der Waals surface area contributed by atoms with E-state index in [0.29, 0.717) is 0 Å². The molecule has 50 valence electrons. The number of aliphatic carboxylic acids is 1. The van der Waals surface area contributed by atoms with E-state index < -0.39 is 5.97 Å². The number of fused-ring (bicyclic) bond motifs is 1. The zero-order valence-corrected chi connectivity index (χ0v) is 4.98. The summed E-state index contributed by atoms with van der Waals surface area (Å²) >= 11 is 0. The molecule has 0 fully saturated rings. The molecule has 2 heterocycles. The summed E-state index contributed by atoms with van der Waals surface area (Å²) in [6, 6.07) is 0. The SMILES string of the molecule is O=C(O)C1=Cc2cncn21. The molecule has 1 N–H and O–H groups in total. The van der Waals surface area contributed by atoms with Gasteiger partial charge in [0.25, 0.3) is 0 Å². The van der Waals surface area contributed by atoms with Gasteiger partial charge >= 0.3 is 5.97 Å². The summed E-state index contributed by atoms with van der Waals surface area (Å²) in [5.41, 5.74) is 1.13. The van der Waals surface area contributed by atoms with E-state index in [4.69, 9.17) is 5.11 Å². The first-order valence-corrected chi connectivity index (χ1v) is 2.77. The van der Waals surface area contributed by atoms with Crippen LogP contribution in [0.2, 0.25) is 0 Å². The van der Waals surface area contributed by atoms with Crippen LogP contribution in [0.25, 0.3) is 11.8 Å². The molecule has 0 saturated heterocycles. The molecule has 0 aromatic carbocycles. The number of carboxylic acid groups (broad SMARTS) is 1. The minimum Gasteiger partial charge on any atom is -0.477 e. The van der Waals surface area contributed by atoms with Crippen molar-refractivity contribution in [3.05, 3.63) is 18.2 Å². The van der Waals surface area contributed by atoms with Gasteiger partial charge in [0.2, 0.25) is 0 Å². The molecule has 4 nitrogen and oxygen atoms in total. The Balaban J connectivity index is 2.44. The van der Waals surface area contributed by atoms with Crippen LogP contribution in [0.15, 0.2) is 12.5 Å². The number of carbonyl (C=O) groups is 1. The Bertz CT molecular complexity index is 324. The molecule has 0 bridgehead atoms. The highest BCUT2D eigenvalue weighted by molar-refractivity contribution is 6.17. The lowest BCUT2D eigenvalue weighted by atomic mass is 10.2. The maximum atomic E-state index is 10.3. The maximum Gasteiger partial charge on any atom is 0.352 e. The fraction of sp³-hybridized carbons (Fsp3) is 0. The molecule has 0 atom stereocenters. The Labute approximate surface area is 56.4 Å². The molecule has 0 amide bonds. The van der Waals surface area contributed by atoms with Gasteiger partial charge in [0.15, 0.2) is 0 Å². The normalized spacial score (nSPS) is 13.4. The average molecular weight is 136 g/mol. The van der Waals surface area contributed by atoms with E-state index in [1.807, 2.05) is 0 Å². The van der Waals surface area contributed by atoms with Crippen molar-refractivity contribution in [2.45, 2.75) is 0 Å². The fourth-order valence-corrected chi connectivity index (χ4v) is 0.922. The highest BCUT2D eigenvalue weighted by Crippen LogP contribution is 2.22. The lowest BCUT2D eigenvalue weighted by Gasteiger charge is -2.13. The number of hydrogen-bond acceptors (Lipinski definition) is 2. The second-order valence-electron chi connectivity index (χ2n) is 2.02. The smallest absolute Gasteiger partial charge is 0.352 e. The zero-order valence-electron chi connectivity index (χ0n) is 4.98. The summed E-state index contributed by atoms with van der Waals surface area (Å²) < 4.78 is 1.53. The molecule has 0 spiro atoms. The first kappa shape index (κ1) is 5.22. The molecule has 4 heteroatoms. The summed E-state index contributed by atoms with van der Waals surface area (Å²) in [6.45, 7) is 0. The van der Waals surface area contributed by atoms with Gasteiger partial charge in [-0.2, -0.15) is 0 Å². The summed E-state index contributed by atoms with van der Waals surface area (Å²) in [4.78, 5) is 14.1. The molecule has 0 radical (unpaired) electrons. The summed E-state index contributed by atoms with van der Waals surface area (Å²) in [5, 5.41) is 8.48. The first-order chi connectivity index (χ1) is 4.79. The monoisotopic (exact) mass is 136 g/mol. The van der Waals surface area contributed by atoms with Crippen LogP contribution in [0.4, 0.5) is 0 Å². The van der Waals surface area contributed by atoms with Crippen LogP contribution in [0, 0.1) is 0 Å². The molecule has 1 aliphatic heterocycles. The van der Waals surface area contributed by atoms with Gasteiger partial charge in [-0.1, -0.05) is 0 Å². The summed E-state index contributed by atoms with van der Waals surface area (Å²) in [5.74, 6) is -0.912. The molecule has 0 aliphatic carbocycles. The molecule has 0 unspecified atom stereocenters. The van der Waals surface area contributed by atoms with Crippen molar-refractivity contribution in [1.29, 1.82) is 0 Å². The molecule has 2 rings (SSSR count). The van der Waals surface area contributed by atoms with Gasteiger partial charge in [-0.25, -0.2) is 9.78 Å². The van der Waals surface area contributed by atoms with Gasteiger partial charge in [0.1, 0.15) is 5.70 Å². The van der Waals surface area contributed by atoms with E-state index in [1.165, 1.54) is 10.9 Å². The third-order valence-electron chi connectivity index (χ3n) is 1.43. The van der Waals surface area contributed by atoms with Crippen LogP contribution in [0.5, 0.6) is 0 Å². The van der Waals surface area contributed by atoms with Crippen LogP contribution in [-0.2, 0) is 4.79 Å². The minimum atomic E-state index is -0.912. The van der Waals surface area contributed by atoms with Crippen LogP contribution < -0.4 is 0 Å². The highest BCUT2D eigenvalue weighted by Gasteiger charge is 2.20. The standard InChI is InChI=1S/C6H4N2O2/c9-6(10)5-1-4-2-7-3-8(4)5/h1-3H,(H,9,10). The van der Waals surface area contributed by atoms with E-state index in [-0.39, 0.29) is 5.70 Å². The number of carboxylic acids is 1. The van der Waals surface area contributed by atoms with Gasteiger partial charge < -0.3 is 5.11 Å². The third kappa shape index (κ3) is 0.452. The number of rotatable bonds is 1. The van der Waals surface area contributed by atoms with Gasteiger partial charge in [0, 0.05) is 0 Å². The quantitative estimate of drug-likeness (QED) is 0.603. The fourth-order valence-electron chi connectivity index (χ4n) is 0.922. The molecule has 10 heavy (non-hydrogen) atoms. The third-order valence-corrected chi connectivity index (χ3v) is 1.43. The van der Waals surface area contributed by atoms with Gasteiger partial charge in [-0.15, -0.1) is 0 Å². The average Bonchev–Trinajstić information content (AvgIpc) is 2.11. The second kappa shape index (κ2) is 1.47. The minimum absolute atomic E-state index is 0.285. The van der Waals surface area contributed by atoms with Crippen molar-refractivity contribution in [2.75, 3.05) is 0 Å². The van der Waals surface area contributed by atoms with E-state index in [9.17, 15) is 4.79 Å². The van der Waals surface area contributed by atoms with Crippen LogP contribution in [0.1, 0.15) is 5.69 Å². The molecule has 1 aromatic heterocycles. The number of aromatic nitrogens is 2. The van der Waals surface area contributed by atoms with Gasteiger partial charge in [-0.3, -0.25) is 4.57 Å². The van der Waals surface area contributed by atoms with Crippen molar-refractivity contribution in [3.8, 4) is 0 Å².